The molecule has 1 atom stereocenters. The van der Waals surface area contributed by atoms with Gasteiger partial charge < -0.3 is 4.74 Å². The molecule has 0 N–H and O–H groups in total. The van der Waals surface area contributed by atoms with Gasteiger partial charge in [-0.3, -0.25) is 4.79 Å². The molecule has 0 aromatic rings. The summed E-state index contributed by atoms with van der Waals surface area (Å²) in [5.74, 6) is 1.23. The van der Waals surface area contributed by atoms with Gasteiger partial charge in [0.2, 0.25) is 0 Å². The smallest absolute Gasteiger partial charge is 0.175 e. The Balaban J connectivity index is 2.84. The van der Waals surface area contributed by atoms with E-state index in [1.54, 1.807) is 0 Å². The number of hydrogen-bond donors (Lipinski definition) is 0. The largest absolute Gasteiger partial charge is 0.484 e. The summed E-state index contributed by atoms with van der Waals surface area (Å²) in [4.78, 5) is 11.7. The second-order valence-electron chi connectivity index (χ2n) is 4.17. The van der Waals surface area contributed by atoms with E-state index < -0.39 is 5.60 Å². The van der Waals surface area contributed by atoms with Gasteiger partial charge in [-0.15, -0.1) is 0 Å². The van der Waals surface area contributed by atoms with Crippen LogP contribution in [0.15, 0.2) is 11.3 Å². The van der Waals surface area contributed by atoms with Crippen LogP contribution in [0.2, 0.25) is 0 Å². The number of carbonyl (C=O) groups excluding carboxylic acids is 1. The first kappa shape index (κ1) is 11.3. The van der Waals surface area contributed by atoms with Crippen LogP contribution in [0.5, 0.6) is 0 Å². The molecular weight excluding hydrogens is 176 g/mol. The number of allylic oxidation sites excluding steroid dienone is 2. The number of Topliss-reactive ketones (excluding diaryl/α,β-unsaturated/α-hetero) is 1. The summed E-state index contributed by atoms with van der Waals surface area (Å²) in [5.41, 5.74) is 0.744. The van der Waals surface area contributed by atoms with Gasteiger partial charge in [-0.1, -0.05) is 13.8 Å². The van der Waals surface area contributed by atoms with Gasteiger partial charge in [0.05, 0.1) is 5.76 Å². The Morgan fingerprint density at radius 3 is 2.64 bits per heavy atom. The summed E-state index contributed by atoms with van der Waals surface area (Å²) in [6.45, 7) is 7.98. The fourth-order valence-electron chi connectivity index (χ4n) is 1.92. The number of hydrogen-bond acceptors (Lipinski definition) is 2. The van der Waals surface area contributed by atoms with Crippen molar-refractivity contribution >= 4 is 5.78 Å². The van der Waals surface area contributed by atoms with Gasteiger partial charge in [-0.25, -0.2) is 0 Å². The summed E-state index contributed by atoms with van der Waals surface area (Å²) in [6.07, 6.45) is 3.27. The third-order valence-corrected chi connectivity index (χ3v) is 3.03. The molecule has 2 heteroatoms. The molecule has 0 aliphatic carbocycles. The minimum Gasteiger partial charge on any atom is -0.484 e. The SMILES string of the molecule is CCC(=O)C1(C)CCC(C)=C(CC)O1. The van der Waals surface area contributed by atoms with Gasteiger partial charge in [0.1, 0.15) is 0 Å². The van der Waals surface area contributed by atoms with E-state index in [4.69, 9.17) is 4.74 Å². The number of carbonyl (C=O) groups is 1. The van der Waals surface area contributed by atoms with Crippen molar-refractivity contribution < 1.29 is 9.53 Å². The molecule has 80 valence electrons. The maximum Gasteiger partial charge on any atom is 0.175 e. The summed E-state index contributed by atoms with van der Waals surface area (Å²) in [7, 11) is 0. The molecule has 1 aliphatic rings. The Hall–Kier alpha value is -0.790. The third-order valence-electron chi connectivity index (χ3n) is 3.03. The molecule has 0 saturated heterocycles. The lowest BCUT2D eigenvalue weighted by atomic mass is 9.88. The van der Waals surface area contributed by atoms with Crippen molar-refractivity contribution in [1.82, 2.24) is 0 Å². The van der Waals surface area contributed by atoms with Crippen LogP contribution in [-0.4, -0.2) is 11.4 Å². The normalized spacial score (nSPS) is 27.4. The molecule has 0 aromatic carbocycles. The molecule has 0 spiro atoms. The van der Waals surface area contributed by atoms with E-state index in [1.807, 2.05) is 13.8 Å². The number of rotatable bonds is 3. The first-order valence-electron chi connectivity index (χ1n) is 5.44. The summed E-state index contributed by atoms with van der Waals surface area (Å²) in [5, 5.41) is 0. The second-order valence-corrected chi connectivity index (χ2v) is 4.17. The van der Waals surface area contributed by atoms with E-state index in [1.165, 1.54) is 5.57 Å². The predicted octanol–water partition coefficient (Wildman–Crippen LogP) is 3.22. The lowest BCUT2D eigenvalue weighted by Gasteiger charge is -2.35. The minimum atomic E-state index is -0.556. The average molecular weight is 196 g/mol. The van der Waals surface area contributed by atoms with Crippen LogP contribution >= 0.6 is 0 Å². The third kappa shape index (κ3) is 1.99. The van der Waals surface area contributed by atoms with E-state index in [0.29, 0.717) is 6.42 Å². The zero-order valence-corrected chi connectivity index (χ0v) is 9.64. The van der Waals surface area contributed by atoms with E-state index in [0.717, 1.165) is 25.0 Å². The van der Waals surface area contributed by atoms with Gasteiger partial charge in [0.25, 0.3) is 0 Å². The summed E-state index contributed by atoms with van der Waals surface area (Å²) >= 11 is 0. The molecule has 14 heavy (non-hydrogen) atoms. The molecule has 0 aromatic heterocycles. The zero-order valence-electron chi connectivity index (χ0n) is 9.64. The highest BCUT2D eigenvalue weighted by Gasteiger charge is 2.36. The first-order chi connectivity index (χ1) is 6.53. The minimum absolute atomic E-state index is 0.218. The molecule has 0 bridgehead atoms. The predicted molar refractivity (Wildman–Crippen MR) is 57.0 cm³/mol. The Morgan fingerprint density at radius 2 is 2.14 bits per heavy atom. The molecular formula is C12H20O2. The van der Waals surface area contributed by atoms with Crippen molar-refractivity contribution in [2.24, 2.45) is 0 Å². The molecule has 1 unspecified atom stereocenters. The Labute approximate surface area is 86.3 Å². The fourth-order valence-corrected chi connectivity index (χ4v) is 1.92. The van der Waals surface area contributed by atoms with Crippen molar-refractivity contribution in [2.75, 3.05) is 0 Å². The highest BCUT2D eigenvalue weighted by Crippen LogP contribution is 2.33. The molecule has 0 amide bonds. The van der Waals surface area contributed by atoms with Gasteiger partial charge >= 0.3 is 0 Å². The van der Waals surface area contributed by atoms with Crippen LogP contribution < -0.4 is 0 Å². The summed E-state index contributed by atoms with van der Waals surface area (Å²) < 4.78 is 5.82. The number of ether oxygens (including phenoxy) is 1. The van der Waals surface area contributed by atoms with E-state index in [2.05, 4.69) is 13.8 Å². The first-order valence-corrected chi connectivity index (χ1v) is 5.44. The van der Waals surface area contributed by atoms with Crippen LogP contribution in [0.4, 0.5) is 0 Å². The molecule has 0 fully saturated rings. The van der Waals surface area contributed by atoms with Crippen LogP contribution in [0.1, 0.15) is 53.4 Å². The average Bonchev–Trinajstić information content (AvgIpc) is 2.20. The van der Waals surface area contributed by atoms with Gasteiger partial charge in [0, 0.05) is 12.8 Å². The quantitative estimate of drug-likeness (QED) is 0.692. The van der Waals surface area contributed by atoms with Crippen LogP contribution in [-0.2, 0) is 9.53 Å². The van der Waals surface area contributed by atoms with Crippen LogP contribution in [0, 0.1) is 0 Å². The van der Waals surface area contributed by atoms with Gasteiger partial charge in [0.15, 0.2) is 11.4 Å². The lowest BCUT2D eigenvalue weighted by Crippen LogP contribution is -2.40. The van der Waals surface area contributed by atoms with Crippen molar-refractivity contribution in [1.29, 1.82) is 0 Å². The monoisotopic (exact) mass is 196 g/mol. The molecule has 2 nitrogen and oxygen atoms in total. The van der Waals surface area contributed by atoms with Crippen LogP contribution in [0.3, 0.4) is 0 Å². The fraction of sp³-hybridized carbons (Fsp3) is 0.750. The lowest BCUT2D eigenvalue weighted by molar-refractivity contribution is -0.139. The Bertz CT molecular complexity index is 265. The zero-order chi connectivity index (χ0) is 10.8. The molecule has 0 radical (unpaired) electrons. The van der Waals surface area contributed by atoms with E-state index in [9.17, 15) is 4.79 Å². The molecule has 1 aliphatic heterocycles. The molecule has 1 heterocycles. The summed E-state index contributed by atoms with van der Waals surface area (Å²) in [6, 6.07) is 0. The number of ketones is 1. The topological polar surface area (TPSA) is 26.3 Å². The maximum atomic E-state index is 11.7. The van der Waals surface area contributed by atoms with Crippen molar-refractivity contribution in [3.8, 4) is 0 Å². The molecule has 1 rings (SSSR count). The van der Waals surface area contributed by atoms with E-state index >= 15 is 0 Å². The van der Waals surface area contributed by atoms with E-state index in [-0.39, 0.29) is 5.78 Å². The van der Waals surface area contributed by atoms with Crippen molar-refractivity contribution in [3.05, 3.63) is 11.3 Å². The standard InChI is InChI=1S/C12H20O2/c1-5-10-9(3)7-8-12(4,14-10)11(13)6-2/h5-8H2,1-4H3. The van der Waals surface area contributed by atoms with Gasteiger partial charge in [-0.05, 0) is 32.3 Å². The highest BCUT2D eigenvalue weighted by molar-refractivity contribution is 5.87. The highest BCUT2D eigenvalue weighted by atomic mass is 16.5. The second kappa shape index (κ2) is 4.16. The van der Waals surface area contributed by atoms with Gasteiger partial charge in [-0.2, -0.15) is 0 Å². The Morgan fingerprint density at radius 1 is 1.50 bits per heavy atom. The van der Waals surface area contributed by atoms with Crippen molar-refractivity contribution in [2.45, 2.75) is 59.0 Å². The van der Waals surface area contributed by atoms with Crippen LogP contribution in [0.25, 0.3) is 0 Å². The van der Waals surface area contributed by atoms with Crippen molar-refractivity contribution in [3.63, 3.8) is 0 Å². The Kier molecular flexibility index (Phi) is 3.35. The maximum absolute atomic E-state index is 11.7. The molecule has 0 saturated carbocycles.